The first kappa shape index (κ1) is 12.2. The van der Waals surface area contributed by atoms with Crippen LogP contribution in [0.15, 0.2) is 0 Å². The third kappa shape index (κ3) is 2.70. The summed E-state index contributed by atoms with van der Waals surface area (Å²) in [7, 11) is 0. The largest absolute Gasteiger partial charge is 0.352 e. The van der Waals surface area contributed by atoms with E-state index in [2.05, 4.69) is 21.8 Å². The predicted octanol–water partition coefficient (Wildman–Crippen LogP) is -0.0998. The van der Waals surface area contributed by atoms with Gasteiger partial charge in [0.2, 0.25) is 5.91 Å². The number of nitrogens with one attached hydrogen (secondary N) is 2. The number of nitrogens with zero attached hydrogens (tertiary/aromatic N) is 1. The summed E-state index contributed by atoms with van der Waals surface area (Å²) in [5, 5.41) is 7.18. The molecule has 0 aromatic carbocycles. The van der Waals surface area contributed by atoms with Gasteiger partial charge in [0.15, 0.2) is 0 Å². The summed E-state index contributed by atoms with van der Waals surface area (Å²) in [4.78, 5) is 13.5. The van der Waals surface area contributed by atoms with Crippen molar-refractivity contribution in [1.82, 2.24) is 15.5 Å². The number of carbonyl (C=O) groups is 1. The molecule has 92 valence electrons. The van der Waals surface area contributed by atoms with Crippen LogP contribution in [0.3, 0.4) is 0 Å². The molecule has 0 radical (unpaired) electrons. The molecule has 2 fully saturated rings. The van der Waals surface area contributed by atoms with Crippen LogP contribution in [0.25, 0.3) is 0 Å². The van der Waals surface area contributed by atoms with Crippen molar-refractivity contribution < 1.29 is 4.79 Å². The van der Waals surface area contributed by atoms with Crippen LogP contribution in [-0.2, 0) is 4.79 Å². The third-order valence-corrected chi connectivity index (χ3v) is 4.61. The minimum absolute atomic E-state index is 0.0952. The molecule has 2 rings (SSSR count). The highest BCUT2D eigenvalue weighted by Gasteiger charge is 2.35. The third-order valence-electron chi connectivity index (χ3n) is 3.53. The smallest absolute Gasteiger partial charge is 0.217 e. The summed E-state index contributed by atoms with van der Waals surface area (Å²) in [6, 6.07) is 1.01. The Bertz CT molecular complexity index is 262. The summed E-state index contributed by atoms with van der Waals surface area (Å²) < 4.78 is 0. The van der Waals surface area contributed by atoms with Gasteiger partial charge in [0.1, 0.15) is 0 Å². The number of rotatable bonds is 3. The van der Waals surface area contributed by atoms with E-state index in [9.17, 15) is 4.79 Å². The molecule has 2 aliphatic rings. The summed E-state index contributed by atoms with van der Waals surface area (Å²) in [5.74, 6) is 0.0952. The molecule has 3 unspecified atom stereocenters. The molecule has 2 saturated heterocycles. The molecule has 0 aromatic rings. The zero-order valence-electron chi connectivity index (χ0n) is 10.0. The maximum absolute atomic E-state index is 11.0. The van der Waals surface area contributed by atoms with Gasteiger partial charge in [-0.3, -0.25) is 9.69 Å². The van der Waals surface area contributed by atoms with Crippen LogP contribution >= 0.6 is 11.8 Å². The molecular weight excluding hydrogens is 222 g/mol. The van der Waals surface area contributed by atoms with Crippen LogP contribution in [0.1, 0.15) is 13.3 Å². The SMILES string of the molecule is CSC1CNCC1N1CCC(NC(C)=O)C1. The first-order valence-electron chi connectivity index (χ1n) is 5.95. The van der Waals surface area contributed by atoms with E-state index in [1.807, 2.05) is 11.8 Å². The Labute approximate surface area is 102 Å². The van der Waals surface area contributed by atoms with Crippen molar-refractivity contribution in [3.8, 4) is 0 Å². The number of amides is 1. The molecular formula is C11H21N3OS. The summed E-state index contributed by atoms with van der Waals surface area (Å²) in [6.45, 7) is 5.95. The van der Waals surface area contributed by atoms with Gasteiger partial charge in [-0.05, 0) is 12.7 Å². The molecule has 0 spiro atoms. The molecule has 1 amide bonds. The molecule has 2 N–H and O–H groups in total. The number of hydrogen-bond acceptors (Lipinski definition) is 4. The van der Waals surface area contributed by atoms with E-state index in [4.69, 9.17) is 0 Å². The van der Waals surface area contributed by atoms with Crippen LogP contribution in [0.2, 0.25) is 0 Å². The van der Waals surface area contributed by atoms with Gasteiger partial charge in [-0.1, -0.05) is 0 Å². The highest BCUT2D eigenvalue weighted by molar-refractivity contribution is 7.99. The first-order valence-corrected chi connectivity index (χ1v) is 7.24. The second-order valence-electron chi connectivity index (χ2n) is 4.68. The van der Waals surface area contributed by atoms with E-state index >= 15 is 0 Å². The topological polar surface area (TPSA) is 44.4 Å². The Kier molecular flexibility index (Phi) is 4.10. The molecule has 0 aliphatic carbocycles. The van der Waals surface area contributed by atoms with Crippen molar-refractivity contribution in [3.63, 3.8) is 0 Å². The van der Waals surface area contributed by atoms with Crippen LogP contribution in [0.5, 0.6) is 0 Å². The zero-order chi connectivity index (χ0) is 11.5. The minimum Gasteiger partial charge on any atom is -0.352 e. The maximum Gasteiger partial charge on any atom is 0.217 e. The fourth-order valence-corrected chi connectivity index (χ4v) is 3.61. The fourth-order valence-electron chi connectivity index (χ4n) is 2.74. The van der Waals surface area contributed by atoms with Gasteiger partial charge in [-0.15, -0.1) is 0 Å². The Morgan fingerprint density at radius 2 is 2.31 bits per heavy atom. The van der Waals surface area contributed by atoms with Gasteiger partial charge >= 0.3 is 0 Å². The van der Waals surface area contributed by atoms with E-state index < -0.39 is 0 Å². The first-order chi connectivity index (χ1) is 7.70. The molecule has 3 atom stereocenters. The number of thioether (sulfide) groups is 1. The monoisotopic (exact) mass is 243 g/mol. The molecule has 16 heavy (non-hydrogen) atoms. The molecule has 0 bridgehead atoms. The number of likely N-dealkylation sites (tertiary alicyclic amines) is 1. The van der Waals surface area contributed by atoms with Crippen molar-refractivity contribution in [1.29, 1.82) is 0 Å². The lowest BCUT2D eigenvalue weighted by molar-refractivity contribution is -0.119. The van der Waals surface area contributed by atoms with Crippen molar-refractivity contribution in [2.24, 2.45) is 0 Å². The lowest BCUT2D eigenvalue weighted by Gasteiger charge is -2.27. The van der Waals surface area contributed by atoms with Crippen LogP contribution in [0.4, 0.5) is 0 Å². The van der Waals surface area contributed by atoms with Crippen LogP contribution < -0.4 is 10.6 Å². The van der Waals surface area contributed by atoms with Gasteiger partial charge in [-0.25, -0.2) is 0 Å². The van der Waals surface area contributed by atoms with E-state index in [-0.39, 0.29) is 5.91 Å². The van der Waals surface area contributed by atoms with Crippen molar-refractivity contribution in [2.45, 2.75) is 30.7 Å². The Morgan fingerprint density at radius 3 is 3.00 bits per heavy atom. The highest BCUT2D eigenvalue weighted by Crippen LogP contribution is 2.23. The van der Waals surface area contributed by atoms with Crippen molar-refractivity contribution in [2.75, 3.05) is 32.4 Å². The van der Waals surface area contributed by atoms with E-state index in [0.717, 1.165) is 32.6 Å². The number of carbonyl (C=O) groups excluding carboxylic acids is 1. The minimum atomic E-state index is 0.0952. The summed E-state index contributed by atoms with van der Waals surface area (Å²) >= 11 is 1.95. The van der Waals surface area contributed by atoms with Gasteiger partial charge in [-0.2, -0.15) is 11.8 Å². The number of hydrogen-bond donors (Lipinski definition) is 2. The predicted molar refractivity (Wildman–Crippen MR) is 67.8 cm³/mol. The lowest BCUT2D eigenvalue weighted by atomic mass is 10.2. The van der Waals surface area contributed by atoms with E-state index in [0.29, 0.717) is 17.3 Å². The van der Waals surface area contributed by atoms with Gasteiger partial charge in [0.05, 0.1) is 0 Å². The van der Waals surface area contributed by atoms with Crippen molar-refractivity contribution >= 4 is 17.7 Å². The average molecular weight is 243 g/mol. The highest BCUT2D eigenvalue weighted by atomic mass is 32.2. The second-order valence-corrected chi connectivity index (χ2v) is 5.76. The molecule has 0 saturated carbocycles. The van der Waals surface area contributed by atoms with Gasteiger partial charge in [0.25, 0.3) is 0 Å². The zero-order valence-corrected chi connectivity index (χ0v) is 10.8. The summed E-state index contributed by atoms with van der Waals surface area (Å²) in [5.41, 5.74) is 0. The average Bonchev–Trinajstić information content (AvgIpc) is 2.83. The maximum atomic E-state index is 11.0. The van der Waals surface area contributed by atoms with Crippen molar-refractivity contribution in [3.05, 3.63) is 0 Å². The van der Waals surface area contributed by atoms with Gasteiger partial charge < -0.3 is 10.6 Å². The lowest BCUT2D eigenvalue weighted by Crippen LogP contribution is -2.43. The molecule has 4 nitrogen and oxygen atoms in total. The standard InChI is InChI=1S/C11H21N3OS/c1-8(15)13-9-3-4-14(7-9)10-5-12-6-11(10)16-2/h9-12H,3-7H2,1-2H3,(H,13,15). The van der Waals surface area contributed by atoms with E-state index in [1.165, 1.54) is 0 Å². The van der Waals surface area contributed by atoms with E-state index in [1.54, 1.807) is 6.92 Å². The summed E-state index contributed by atoms with van der Waals surface area (Å²) in [6.07, 6.45) is 3.28. The Balaban J connectivity index is 1.85. The quantitative estimate of drug-likeness (QED) is 0.726. The van der Waals surface area contributed by atoms with Crippen LogP contribution in [0, 0.1) is 0 Å². The normalized spacial score (nSPS) is 35.5. The Morgan fingerprint density at radius 1 is 1.50 bits per heavy atom. The Hall–Kier alpha value is -0.260. The molecule has 2 aliphatic heterocycles. The second kappa shape index (κ2) is 5.38. The fraction of sp³-hybridized carbons (Fsp3) is 0.909. The van der Waals surface area contributed by atoms with Gasteiger partial charge in [0, 0.05) is 50.4 Å². The van der Waals surface area contributed by atoms with Crippen LogP contribution in [-0.4, -0.2) is 60.6 Å². The molecule has 5 heteroatoms. The molecule has 0 aromatic heterocycles. The molecule has 2 heterocycles.